The first-order valence-corrected chi connectivity index (χ1v) is 6.60. The van der Waals surface area contributed by atoms with E-state index < -0.39 is 10.8 Å². The molecule has 2 aromatic rings. The lowest BCUT2D eigenvalue weighted by Gasteiger charge is -2.01. The van der Waals surface area contributed by atoms with Gasteiger partial charge in [-0.3, -0.25) is 0 Å². The van der Waals surface area contributed by atoms with Crippen molar-refractivity contribution < 1.29 is 13.4 Å². The zero-order chi connectivity index (χ0) is 11.8. The molecule has 1 fully saturated rings. The molecule has 0 spiro atoms. The Bertz CT molecular complexity index is 575. The maximum atomic E-state index is 12.1. The summed E-state index contributed by atoms with van der Waals surface area (Å²) in [5.41, 5.74) is 7.51. The van der Waals surface area contributed by atoms with E-state index in [2.05, 4.69) is 4.98 Å². The average Bonchev–Trinajstić information content (AvgIpc) is 2.96. The molecule has 0 amide bonds. The van der Waals surface area contributed by atoms with Crippen LogP contribution < -0.4 is 5.73 Å². The second-order valence-corrected chi connectivity index (χ2v) is 5.60. The molecule has 3 rings (SSSR count). The SMILES string of the molecule is Nc1ccc2nc(S(=O)C3CCOC3)oc2c1. The van der Waals surface area contributed by atoms with Crippen LogP contribution in [0.15, 0.2) is 27.8 Å². The number of hydrogen-bond acceptors (Lipinski definition) is 5. The molecule has 1 aliphatic heterocycles. The molecule has 1 saturated heterocycles. The van der Waals surface area contributed by atoms with Crippen LogP contribution >= 0.6 is 0 Å². The predicted octanol–water partition coefficient (Wildman–Crippen LogP) is 1.31. The summed E-state index contributed by atoms with van der Waals surface area (Å²) in [5, 5.41) is 0.251. The fourth-order valence-corrected chi connectivity index (χ4v) is 3.01. The van der Waals surface area contributed by atoms with Crippen molar-refractivity contribution in [1.29, 1.82) is 0 Å². The molecule has 5 nitrogen and oxygen atoms in total. The van der Waals surface area contributed by atoms with Gasteiger partial charge in [-0.15, -0.1) is 0 Å². The molecule has 1 aromatic heterocycles. The summed E-state index contributed by atoms with van der Waals surface area (Å²) >= 11 is 0. The Hall–Kier alpha value is -1.40. The van der Waals surface area contributed by atoms with E-state index in [9.17, 15) is 4.21 Å². The molecule has 1 aliphatic rings. The standard InChI is InChI=1S/C11H12N2O3S/c12-7-1-2-9-10(5-7)16-11(13-9)17(14)8-3-4-15-6-8/h1-2,5,8H,3-4,6,12H2. The number of fused-ring (bicyclic) bond motifs is 1. The molecule has 90 valence electrons. The van der Waals surface area contributed by atoms with Crippen LogP contribution in [-0.4, -0.2) is 27.7 Å². The van der Waals surface area contributed by atoms with Crippen LogP contribution in [0.3, 0.4) is 0 Å². The molecule has 0 aliphatic carbocycles. The summed E-state index contributed by atoms with van der Waals surface area (Å²) in [5.74, 6) is 0. The minimum Gasteiger partial charge on any atom is -0.430 e. The van der Waals surface area contributed by atoms with E-state index in [-0.39, 0.29) is 10.5 Å². The van der Waals surface area contributed by atoms with Gasteiger partial charge in [-0.2, -0.15) is 0 Å². The first-order chi connectivity index (χ1) is 8.24. The van der Waals surface area contributed by atoms with Crippen molar-refractivity contribution in [2.75, 3.05) is 18.9 Å². The quantitative estimate of drug-likeness (QED) is 0.815. The van der Waals surface area contributed by atoms with E-state index in [1.54, 1.807) is 18.2 Å². The van der Waals surface area contributed by atoms with Crippen LogP contribution in [0.2, 0.25) is 0 Å². The van der Waals surface area contributed by atoms with Gasteiger partial charge in [-0.1, -0.05) is 0 Å². The van der Waals surface area contributed by atoms with Gasteiger partial charge in [0, 0.05) is 18.4 Å². The van der Waals surface area contributed by atoms with Gasteiger partial charge in [0.1, 0.15) is 16.3 Å². The molecule has 2 heterocycles. The topological polar surface area (TPSA) is 78.3 Å². The molecule has 0 radical (unpaired) electrons. The zero-order valence-corrected chi connectivity index (χ0v) is 9.90. The van der Waals surface area contributed by atoms with E-state index in [1.165, 1.54) is 0 Å². The molecule has 0 saturated carbocycles. The first kappa shape index (κ1) is 10.7. The van der Waals surface area contributed by atoms with Crippen molar-refractivity contribution in [2.45, 2.75) is 16.9 Å². The van der Waals surface area contributed by atoms with Gasteiger partial charge in [0.25, 0.3) is 5.22 Å². The second-order valence-electron chi connectivity index (χ2n) is 3.99. The number of hydrogen-bond donors (Lipinski definition) is 1. The highest BCUT2D eigenvalue weighted by Gasteiger charge is 2.27. The first-order valence-electron chi connectivity index (χ1n) is 5.38. The summed E-state index contributed by atoms with van der Waals surface area (Å²) in [6.07, 6.45) is 0.785. The Morgan fingerprint density at radius 3 is 3.12 bits per heavy atom. The van der Waals surface area contributed by atoms with Crippen LogP contribution in [0.1, 0.15) is 6.42 Å². The third-order valence-corrected chi connectivity index (χ3v) is 4.25. The number of anilines is 1. The van der Waals surface area contributed by atoms with Crippen molar-refractivity contribution in [3.05, 3.63) is 18.2 Å². The second kappa shape index (κ2) is 4.12. The summed E-state index contributed by atoms with van der Waals surface area (Å²) in [4.78, 5) is 4.22. The molecule has 6 heteroatoms. The summed E-state index contributed by atoms with van der Waals surface area (Å²) < 4.78 is 22.8. The summed E-state index contributed by atoms with van der Waals surface area (Å²) in [6.45, 7) is 1.16. The van der Waals surface area contributed by atoms with Crippen molar-refractivity contribution in [2.24, 2.45) is 0 Å². The number of oxazole rings is 1. The third kappa shape index (κ3) is 1.94. The van der Waals surface area contributed by atoms with Gasteiger partial charge < -0.3 is 14.9 Å². The Kier molecular flexibility index (Phi) is 2.60. The molecular weight excluding hydrogens is 240 g/mol. The van der Waals surface area contributed by atoms with Gasteiger partial charge in [0.15, 0.2) is 5.58 Å². The largest absolute Gasteiger partial charge is 0.430 e. The van der Waals surface area contributed by atoms with Crippen LogP contribution in [0, 0.1) is 0 Å². The van der Waals surface area contributed by atoms with E-state index in [0.29, 0.717) is 30.0 Å². The van der Waals surface area contributed by atoms with Gasteiger partial charge in [-0.25, -0.2) is 9.19 Å². The Balaban J connectivity index is 1.97. The molecule has 0 bridgehead atoms. The Morgan fingerprint density at radius 2 is 2.35 bits per heavy atom. The number of nitrogen functional groups attached to an aromatic ring is 1. The van der Waals surface area contributed by atoms with E-state index in [4.69, 9.17) is 14.9 Å². The van der Waals surface area contributed by atoms with Crippen molar-refractivity contribution in [3.63, 3.8) is 0 Å². The number of nitrogens with two attached hydrogens (primary N) is 1. The average molecular weight is 252 g/mol. The lowest BCUT2D eigenvalue weighted by Crippen LogP contribution is -2.14. The van der Waals surface area contributed by atoms with E-state index >= 15 is 0 Å². The fraction of sp³-hybridized carbons (Fsp3) is 0.364. The van der Waals surface area contributed by atoms with Crippen molar-refractivity contribution >= 4 is 27.6 Å². The highest BCUT2D eigenvalue weighted by Crippen LogP contribution is 2.23. The molecule has 17 heavy (non-hydrogen) atoms. The molecular formula is C11H12N2O3S. The number of benzene rings is 1. The molecule has 2 N–H and O–H groups in total. The lowest BCUT2D eigenvalue weighted by atomic mass is 10.3. The van der Waals surface area contributed by atoms with E-state index in [0.717, 1.165) is 6.42 Å². The highest BCUT2D eigenvalue weighted by molar-refractivity contribution is 7.85. The summed E-state index contributed by atoms with van der Waals surface area (Å²) in [7, 11) is -1.24. The van der Waals surface area contributed by atoms with Gasteiger partial charge >= 0.3 is 0 Å². The third-order valence-electron chi connectivity index (χ3n) is 2.76. The van der Waals surface area contributed by atoms with Gasteiger partial charge in [-0.05, 0) is 18.6 Å². The van der Waals surface area contributed by atoms with Crippen LogP contribution in [0.5, 0.6) is 0 Å². The number of aromatic nitrogens is 1. The minimum absolute atomic E-state index is 0.0135. The monoisotopic (exact) mass is 252 g/mol. The fourth-order valence-electron chi connectivity index (χ4n) is 1.83. The minimum atomic E-state index is -1.24. The zero-order valence-electron chi connectivity index (χ0n) is 9.09. The smallest absolute Gasteiger partial charge is 0.288 e. The number of ether oxygens (including phenoxy) is 1. The van der Waals surface area contributed by atoms with Gasteiger partial charge in [0.05, 0.1) is 11.9 Å². The molecule has 1 aromatic carbocycles. The van der Waals surface area contributed by atoms with E-state index in [1.807, 2.05) is 0 Å². The van der Waals surface area contributed by atoms with Crippen LogP contribution in [0.4, 0.5) is 5.69 Å². The maximum absolute atomic E-state index is 12.1. The van der Waals surface area contributed by atoms with Crippen LogP contribution in [-0.2, 0) is 15.5 Å². The molecule has 2 unspecified atom stereocenters. The van der Waals surface area contributed by atoms with Crippen LogP contribution in [0.25, 0.3) is 11.1 Å². The number of rotatable bonds is 2. The highest BCUT2D eigenvalue weighted by atomic mass is 32.2. The van der Waals surface area contributed by atoms with Crippen molar-refractivity contribution in [3.8, 4) is 0 Å². The predicted molar refractivity (Wildman–Crippen MR) is 64.1 cm³/mol. The Labute approximate surface area is 100 Å². The van der Waals surface area contributed by atoms with Gasteiger partial charge in [0.2, 0.25) is 0 Å². The maximum Gasteiger partial charge on any atom is 0.288 e. The summed E-state index contributed by atoms with van der Waals surface area (Å²) in [6, 6.07) is 5.20. The number of nitrogens with zero attached hydrogens (tertiary/aromatic N) is 1. The molecule has 2 atom stereocenters. The Morgan fingerprint density at radius 1 is 1.47 bits per heavy atom. The van der Waals surface area contributed by atoms with Crippen molar-refractivity contribution in [1.82, 2.24) is 4.98 Å². The normalized spacial score (nSPS) is 22.0. The lowest BCUT2D eigenvalue weighted by molar-refractivity contribution is 0.198.